The normalized spacial score (nSPS) is 17.9. The van der Waals surface area contributed by atoms with Crippen molar-refractivity contribution >= 4 is 29.2 Å². The summed E-state index contributed by atoms with van der Waals surface area (Å²) in [4.78, 5) is 26.5. The molecular weight excluding hydrogens is 412 g/mol. The molecule has 6 heteroatoms. The van der Waals surface area contributed by atoms with E-state index in [9.17, 15) is 9.59 Å². The zero-order valence-corrected chi connectivity index (χ0v) is 17.8. The number of ether oxygens (including phenoxy) is 1. The van der Waals surface area contributed by atoms with Gasteiger partial charge in [-0.3, -0.25) is 4.79 Å². The van der Waals surface area contributed by atoms with E-state index in [4.69, 9.17) is 16.3 Å². The first-order chi connectivity index (χ1) is 15.0. The lowest BCUT2D eigenvalue weighted by Gasteiger charge is -2.30. The van der Waals surface area contributed by atoms with Gasteiger partial charge in [-0.05, 0) is 42.3 Å². The van der Waals surface area contributed by atoms with Crippen LogP contribution in [-0.2, 0) is 16.1 Å². The minimum atomic E-state index is -1.27. The lowest BCUT2D eigenvalue weighted by molar-refractivity contribution is -0.156. The van der Waals surface area contributed by atoms with Crippen LogP contribution in [0.5, 0.6) is 0 Å². The van der Waals surface area contributed by atoms with Crippen molar-refractivity contribution in [3.8, 4) is 0 Å². The van der Waals surface area contributed by atoms with Crippen LogP contribution < -0.4 is 0 Å². The van der Waals surface area contributed by atoms with Gasteiger partial charge in [0, 0.05) is 17.0 Å². The Morgan fingerprint density at radius 2 is 1.58 bits per heavy atom. The number of carbonyl (C=O) groups is 2. The number of amides is 1. The average Bonchev–Trinajstić information content (AvgIpc) is 3.17. The Kier molecular flexibility index (Phi) is 5.87. The molecule has 1 atom stereocenters. The van der Waals surface area contributed by atoms with Gasteiger partial charge in [0.2, 0.25) is 0 Å². The second-order valence-electron chi connectivity index (χ2n) is 7.55. The predicted octanol–water partition coefficient (Wildman–Crippen LogP) is 5.09. The second kappa shape index (κ2) is 8.74. The smallest absolute Gasteiger partial charge is 0.334 e. The molecule has 0 unspecified atom stereocenters. The van der Waals surface area contributed by atoms with Gasteiger partial charge in [-0.25, -0.2) is 9.80 Å². The molecule has 1 heterocycles. The fourth-order valence-electron chi connectivity index (χ4n) is 3.48. The molecule has 0 saturated heterocycles. The maximum atomic E-state index is 13.3. The van der Waals surface area contributed by atoms with Crippen LogP contribution in [0.25, 0.3) is 0 Å². The molecule has 1 aliphatic rings. The highest BCUT2D eigenvalue weighted by Crippen LogP contribution is 2.33. The Labute approximate surface area is 185 Å². The number of nitrogens with zero attached hydrogens (tertiary/aromatic N) is 2. The quantitative estimate of drug-likeness (QED) is 0.527. The maximum absolute atomic E-state index is 13.3. The third kappa shape index (κ3) is 4.37. The largest absolute Gasteiger partial charge is 0.459 e. The number of carbonyl (C=O) groups excluding carboxylic acids is 2. The minimum absolute atomic E-state index is 0.124. The molecule has 4 rings (SSSR count). The minimum Gasteiger partial charge on any atom is -0.459 e. The molecule has 3 aromatic carbocycles. The highest BCUT2D eigenvalue weighted by Gasteiger charge is 2.49. The maximum Gasteiger partial charge on any atom is 0.334 e. The fraction of sp³-hybridized carbons (Fsp3) is 0.160. The Hall–Kier alpha value is -3.44. The number of hydrazone groups is 1. The van der Waals surface area contributed by atoms with E-state index in [-0.39, 0.29) is 18.9 Å². The summed E-state index contributed by atoms with van der Waals surface area (Å²) in [6.45, 7) is 1.81. The van der Waals surface area contributed by atoms with Crippen molar-refractivity contribution in [1.29, 1.82) is 0 Å². The molecule has 5 nitrogen and oxygen atoms in total. The van der Waals surface area contributed by atoms with Crippen LogP contribution in [0, 0.1) is 0 Å². The molecule has 0 spiro atoms. The molecular formula is C25H21ClN2O3. The molecule has 0 saturated carbocycles. The molecule has 0 aromatic heterocycles. The SMILES string of the molecule is C[C@@]1(C(=O)OCc2ccccc2)CC(c2ccc(Cl)cc2)=NN1C(=O)c1ccccc1. The van der Waals surface area contributed by atoms with Crippen LogP contribution in [0.4, 0.5) is 0 Å². The number of halogens is 1. The van der Waals surface area contributed by atoms with Gasteiger partial charge >= 0.3 is 5.97 Å². The van der Waals surface area contributed by atoms with Gasteiger partial charge in [0.15, 0.2) is 5.54 Å². The van der Waals surface area contributed by atoms with Gasteiger partial charge in [0.05, 0.1) is 5.71 Å². The summed E-state index contributed by atoms with van der Waals surface area (Å²) in [6, 6.07) is 25.4. The number of hydrogen-bond donors (Lipinski definition) is 0. The summed E-state index contributed by atoms with van der Waals surface area (Å²) in [6.07, 6.45) is 0.237. The molecule has 0 radical (unpaired) electrons. The van der Waals surface area contributed by atoms with Crippen molar-refractivity contribution in [2.24, 2.45) is 5.10 Å². The van der Waals surface area contributed by atoms with Crippen molar-refractivity contribution in [2.75, 3.05) is 0 Å². The van der Waals surface area contributed by atoms with Crippen LogP contribution in [0.15, 0.2) is 90.0 Å². The molecule has 0 aliphatic carbocycles. The van der Waals surface area contributed by atoms with Gasteiger partial charge in [-0.1, -0.05) is 72.3 Å². The van der Waals surface area contributed by atoms with E-state index >= 15 is 0 Å². The van der Waals surface area contributed by atoms with Gasteiger partial charge in [0.25, 0.3) is 5.91 Å². The van der Waals surface area contributed by atoms with E-state index in [0.717, 1.165) is 11.1 Å². The van der Waals surface area contributed by atoms with Gasteiger partial charge in [-0.15, -0.1) is 0 Å². The van der Waals surface area contributed by atoms with E-state index in [1.165, 1.54) is 5.01 Å². The predicted molar refractivity (Wildman–Crippen MR) is 120 cm³/mol. The summed E-state index contributed by atoms with van der Waals surface area (Å²) in [5, 5.41) is 6.40. The van der Waals surface area contributed by atoms with E-state index in [1.807, 2.05) is 48.5 Å². The molecule has 3 aromatic rings. The molecule has 0 bridgehead atoms. The number of esters is 1. The lowest BCUT2D eigenvalue weighted by atomic mass is 9.92. The number of hydrogen-bond acceptors (Lipinski definition) is 4. The zero-order valence-electron chi connectivity index (χ0n) is 17.0. The first-order valence-electron chi connectivity index (χ1n) is 9.91. The first-order valence-corrected chi connectivity index (χ1v) is 10.3. The molecule has 1 aliphatic heterocycles. The van der Waals surface area contributed by atoms with Gasteiger partial charge in [-0.2, -0.15) is 5.10 Å². The van der Waals surface area contributed by atoms with E-state index in [2.05, 4.69) is 5.10 Å². The lowest BCUT2D eigenvalue weighted by Crippen LogP contribution is -2.50. The fourth-order valence-corrected chi connectivity index (χ4v) is 3.61. The van der Waals surface area contributed by atoms with E-state index in [1.54, 1.807) is 43.3 Å². The third-order valence-electron chi connectivity index (χ3n) is 5.24. The zero-order chi connectivity index (χ0) is 21.8. The van der Waals surface area contributed by atoms with E-state index in [0.29, 0.717) is 16.3 Å². The van der Waals surface area contributed by atoms with Crippen molar-refractivity contribution in [3.63, 3.8) is 0 Å². The third-order valence-corrected chi connectivity index (χ3v) is 5.49. The van der Waals surface area contributed by atoms with Crippen LogP contribution >= 0.6 is 11.6 Å². The van der Waals surface area contributed by atoms with Crippen LogP contribution in [-0.4, -0.2) is 28.1 Å². The molecule has 31 heavy (non-hydrogen) atoms. The monoisotopic (exact) mass is 432 g/mol. The Balaban J connectivity index is 1.64. The van der Waals surface area contributed by atoms with Crippen LogP contribution in [0.3, 0.4) is 0 Å². The van der Waals surface area contributed by atoms with Crippen LogP contribution in [0.2, 0.25) is 5.02 Å². The van der Waals surface area contributed by atoms with Crippen molar-refractivity contribution in [2.45, 2.75) is 25.5 Å². The first kappa shape index (κ1) is 20.8. The van der Waals surface area contributed by atoms with Gasteiger partial charge in [0.1, 0.15) is 6.61 Å². The molecule has 0 fully saturated rings. The highest BCUT2D eigenvalue weighted by atomic mass is 35.5. The Morgan fingerprint density at radius 1 is 0.968 bits per heavy atom. The summed E-state index contributed by atoms with van der Waals surface area (Å²) in [7, 11) is 0. The van der Waals surface area contributed by atoms with Crippen molar-refractivity contribution in [1.82, 2.24) is 5.01 Å². The Morgan fingerprint density at radius 3 is 2.23 bits per heavy atom. The number of benzene rings is 3. The number of rotatable bonds is 5. The standard InChI is InChI=1S/C25H21ClN2O3/c1-25(24(30)31-17-18-8-4-2-5-9-18)16-22(19-12-14-21(26)15-13-19)27-28(25)23(29)20-10-6-3-7-11-20/h2-15H,16-17H2,1H3/t25-/m0/s1. The second-order valence-corrected chi connectivity index (χ2v) is 7.99. The topological polar surface area (TPSA) is 59.0 Å². The molecule has 156 valence electrons. The van der Waals surface area contributed by atoms with E-state index < -0.39 is 11.5 Å². The molecule has 0 N–H and O–H groups in total. The van der Waals surface area contributed by atoms with Crippen molar-refractivity contribution in [3.05, 3.63) is 107 Å². The van der Waals surface area contributed by atoms with Gasteiger partial charge < -0.3 is 4.74 Å². The molecule has 1 amide bonds. The summed E-state index contributed by atoms with van der Waals surface area (Å²) < 4.78 is 5.61. The highest BCUT2D eigenvalue weighted by molar-refractivity contribution is 6.30. The summed E-state index contributed by atoms with van der Waals surface area (Å²) in [5.74, 6) is -0.864. The average molecular weight is 433 g/mol. The summed E-state index contributed by atoms with van der Waals surface area (Å²) in [5.41, 5.74) is 1.48. The van der Waals surface area contributed by atoms with Crippen LogP contribution in [0.1, 0.15) is 34.8 Å². The summed E-state index contributed by atoms with van der Waals surface area (Å²) >= 11 is 6.00. The van der Waals surface area contributed by atoms with Crippen molar-refractivity contribution < 1.29 is 14.3 Å². The Bertz CT molecular complexity index is 1110.